The zero-order chi connectivity index (χ0) is 31.2. The molecule has 4 rings (SSSR count). The predicted octanol–water partition coefficient (Wildman–Crippen LogP) is 9.13. The fourth-order valence-electron chi connectivity index (χ4n) is 6.10. The Labute approximate surface area is 255 Å². The molecule has 1 N–H and O–H groups in total. The van der Waals surface area contributed by atoms with Crippen LogP contribution < -0.4 is 5.32 Å². The normalized spacial score (nSPS) is 17.7. The molecule has 8 heteroatoms. The van der Waals surface area contributed by atoms with E-state index in [1.807, 2.05) is 19.9 Å². The largest absolute Gasteiger partial charge is 0.363 e. The Kier molecular flexibility index (Phi) is 10.7. The highest BCUT2D eigenvalue weighted by molar-refractivity contribution is 5.71. The number of hydrogen-bond donors (Lipinski definition) is 1. The number of alkyl halides is 2. The van der Waals surface area contributed by atoms with E-state index in [9.17, 15) is 5.26 Å². The van der Waals surface area contributed by atoms with Crippen molar-refractivity contribution < 1.29 is 13.2 Å². The molecule has 1 atom stereocenters. The second-order valence-electron chi connectivity index (χ2n) is 12.6. The number of hydrogen-bond acceptors (Lipinski definition) is 5. The molecule has 1 aromatic heterocycles. The molecule has 232 valence electrons. The lowest BCUT2D eigenvalue weighted by Gasteiger charge is -2.40. The molecule has 43 heavy (non-hydrogen) atoms. The van der Waals surface area contributed by atoms with Gasteiger partial charge in [0.05, 0.1) is 28.8 Å². The van der Waals surface area contributed by atoms with Crippen molar-refractivity contribution in [3.8, 4) is 6.07 Å². The molecule has 5 nitrogen and oxygen atoms in total. The van der Waals surface area contributed by atoms with Crippen LogP contribution in [0.2, 0.25) is 0 Å². The van der Waals surface area contributed by atoms with Gasteiger partial charge in [0.15, 0.2) is 0 Å². The van der Waals surface area contributed by atoms with Crippen LogP contribution in [0, 0.1) is 35.4 Å². The van der Waals surface area contributed by atoms with Gasteiger partial charge in [0.2, 0.25) is 0 Å². The predicted molar refractivity (Wildman–Crippen MR) is 167 cm³/mol. The molecule has 1 saturated heterocycles. The van der Waals surface area contributed by atoms with Crippen molar-refractivity contribution in [3.63, 3.8) is 0 Å². The highest BCUT2D eigenvalue weighted by Gasteiger charge is 2.47. The lowest BCUT2D eigenvalue weighted by atomic mass is 9.89. The zero-order valence-corrected chi connectivity index (χ0v) is 26.2. The summed E-state index contributed by atoms with van der Waals surface area (Å²) >= 11 is 0. The monoisotopic (exact) mass is 593 g/mol. The molecule has 1 aliphatic carbocycles. The molecule has 0 radical (unpaired) electrons. The van der Waals surface area contributed by atoms with Crippen LogP contribution in [-0.2, 0) is 5.92 Å². The van der Waals surface area contributed by atoms with E-state index in [2.05, 4.69) is 39.8 Å². The standard InChI is InChI=1S/C35H46F3N5/c1-6-7-8-9-10-18-43-20-27(21-43)14-15-35(37,38)30-13-11-12-28(32(30)36)26(5)42-33-29(25(4)40-23-41-33)19-31(24(2)3)34(22-39)16-17-34/h11-13,19,23,26-27H,2,6-10,14-18,20-21H2,1,3-5H3,(H,40,41,42)/t26-/m1/s1. The number of allylic oxidation sites excluding steroid dienone is 2. The molecule has 2 aliphatic rings. The van der Waals surface area contributed by atoms with E-state index in [0.29, 0.717) is 23.5 Å². The average Bonchev–Trinajstić information content (AvgIpc) is 3.74. The van der Waals surface area contributed by atoms with Gasteiger partial charge in [0.1, 0.15) is 18.0 Å². The third-order valence-corrected chi connectivity index (χ3v) is 9.03. The summed E-state index contributed by atoms with van der Waals surface area (Å²) in [7, 11) is 0. The van der Waals surface area contributed by atoms with Crippen LogP contribution >= 0.6 is 0 Å². The van der Waals surface area contributed by atoms with E-state index in [1.54, 1.807) is 6.92 Å². The van der Waals surface area contributed by atoms with Gasteiger partial charge in [-0.2, -0.15) is 5.26 Å². The number of nitrogens with zero attached hydrogens (tertiary/aromatic N) is 4. The highest BCUT2D eigenvalue weighted by atomic mass is 19.3. The first-order valence-corrected chi connectivity index (χ1v) is 15.8. The molecule has 2 aromatic rings. The Hall–Kier alpha value is -3.18. The smallest absolute Gasteiger partial charge is 0.276 e. The molecule has 2 heterocycles. The second-order valence-corrected chi connectivity index (χ2v) is 12.6. The zero-order valence-electron chi connectivity index (χ0n) is 26.2. The molecular weight excluding hydrogens is 547 g/mol. The molecule has 1 saturated carbocycles. The lowest BCUT2D eigenvalue weighted by Crippen LogP contribution is -2.47. The molecule has 0 unspecified atom stereocenters. The van der Waals surface area contributed by atoms with Crippen LogP contribution in [-0.4, -0.2) is 34.5 Å². The Morgan fingerprint density at radius 3 is 2.60 bits per heavy atom. The van der Waals surface area contributed by atoms with E-state index >= 15 is 13.2 Å². The number of nitrogens with one attached hydrogen (secondary N) is 1. The minimum absolute atomic E-state index is 0.150. The minimum Gasteiger partial charge on any atom is -0.363 e. The molecule has 2 fully saturated rings. The first kappa shape index (κ1) is 32.7. The number of anilines is 1. The summed E-state index contributed by atoms with van der Waals surface area (Å²) in [5.41, 5.74) is 2.01. The van der Waals surface area contributed by atoms with Crippen LogP contribution in [0.5, 0.6) is 0 Å². The number of unbranched alkanes of at least 4 members (excludes halogenated alkanes) is 4. The van der Waals surface area contributed by atoms with Crippen LogP contribution in [0.3, 0.4) is 0 Å². The number of likely N-dealkylation sites (tertiary alicyclic amines) is 1. The van der Waals surface area contributed by atoms with Crippen LogP contribution in [0.15, 0.2) is 42.3 Å². The van der Waals surface area contributed by atoms with Crippen LogP contribution in [0.25, 0.3) is 6.08 Å². The average molecular weight is 594 g/mol. The molecule has 0 amide bonds. The Bertz CT molecular complexity index is 1350. The molecular formula is C35H46F3N5. The summed E-state index contributed by atoms with van der Waals surface area (Å²) in [5, 5.41) is 13.0. The Morgan fingerprint density at radius 2 is 1.95 bits per heavy atom. The maximum atomic E-state index is 15.7. The summed E-state index contributed by atoms with van der Waals surface area (Å²) in [6, 6.07) is 6.01. The molecule has 0 bridgehead atoms. The van der Waals surface area contributed by atoms with Gasteiger partial charge in [-0.1, -0.05) is 63.0 Å². The fourth-order valence-corrected chi connectivity index (χ4v) is 6.10. The summed E-state index contributed by atoms with van der Waals surface area (Å²) in [6.45, 7) is 14.5. The topological polar surface area (TPSA) is 64.8 Å². The second kappa shape index (κ2) is 14.1. The van der Waals surface area contributed by atoms with Crippen LogP contribution in [0.1, 0.15) is 107 Å². The van der Waals surface area contributed by atoms with Gasteiger partial charge in [0.25, 0.3) is 5.92 Å². The van der Waals surface area contributed by atoms with Crippen molar-refractivity contribution in [1.82, 2.24) is 14.9 Å². The summed E-state index contributed by atoms with van der Waals surface area (Å²) in [6.07, 6.45) is 11.0. The number of halogens is 3. The first-order valence-electron chi connectivity index (χ1n) is 15.8. The number of nitriles is 1. The minimum atomic E-state index is -3.26. The Balaban J connectivity index is 1.42. The molecule has 1 aromatic carbocycles. The highest BCUT2D eigenvalue weighted by Crippen LogP contribution is 2.54. The summed E-state index contributed by atoms with van der Waals surface area (Å²) in [4.78, 5) is 11.1. The Morgan fingerprint density at radius 1 is 1.23 bits per heavy atom. The van der Waals surface area contributed by atoms with E-state index < -0.39 is 28.8 Å². The number of rotatable bonds is 16. The van der Waals surface area contributed by atoms with Crippen molar-refractivity contribution in [3.05, 3.63) is 70.5 Å². The maximum absolute atomic E-state index is 15.7. The summed E-state index contributed by atoms with van der Waals surface area (Å²) < 4.78 is 46.5. The van der Waals surface area contributed by atoms with Gasteiger partial charge in [0, 0.05) is 30.6 Å². The third kappa shape index (κ3) is 7.86. The van der Waals surface area contributed by atoms with Gasteiger partial charge in [-0.15, -0.1) is 0 Å². The SMILES string of the molecule is C=C(C)C(=Cc1c(C)ncnc1N[C@H](C)c1cccc(C(F)(F)CCC2CN(CCCCCCC)C2)c1F)C1(C#N)CC1. The van der Waals surface area contributed by atoms with E-state index in [4.69, 9.17) is 0 Å². The van der Waals surface area contributed by atoms with E-state index in [1.165, 1.54) is 50.2 Å². The number of aromatic nitrogens is 2. The quantitative estimate of drug-likeness (QED) is 0.155. The van der Waals surface area contributed by atoms with Crippen LogP contribution in [0.4, 0.5) is 19.0 Å². The molecule has 1 aliphatic heterocycles. The van der Waals surface area contributed by atoms with Gasteiger partial charge in [-0.3, -0.25) is 0 Å². The van der Waals surface area contributed by atoms with E-state index in [-0.39, 0.29) is 17.9 Å². The third-order valence-electron chi connectivity index (χ3n) is 9.03. The van der Waals surface area contributed by atoms with Crippen molar-refractivity contribution in [2.75, 3.05) is 25.0 Å². The van der Waals surface area contributed by atoms with Crippen molar-refractivity contribution in [2.24, 2.45) is 11.3 Å². The van der Waals surface area contributed by atoms with Crippen molar-refractivity contribution in [1.29, 1.82) is 5.26 Å². The first-order chi connectivity index (χ1) is 20.5. The van der Waals surface area contributed by atoms with Gasteiger partial charge >= 0.3 is 0 Å². The maximum Gasteiger partial charge on any atom is 0.276 e. The number of benzene rings is 1. The summed E-state index contributed by atoms with van der Waals surface area (Å²) in [5.74, 6) is -3.46. The van der Waals surface area contributed by atoms with Gasteiger partial charge in [-0.25, -0.2) is 23.1 Å². The molecule has 0 spiro atoms. The number of aryl methyl sites for hydroxylation is 1. The van der Waals surface area contributed by atoms with E-state index in [0.717, 1.165) is 50.0 Å². The van der Waals surface area contributed by atoms with Crippen molar-refractivity contribution >= 4 is 11.9 Å². The van der Waals surface area contributed by atoms with Gasteiger partial charge < -0.3 is 10.2 Å². The fraction of sp³-hybridized carbons (Fsp3) is 0.571. The van der Waals surface area contributed by atoms with Gasteiger partial charge in [-0.05, 0) is 70.6 Å². The lowest BCUT2D eigenvalue weighted by molar-refractivity contribution is -0.0320. The van der Waals surface area contributed by atoms with Crippen molar-refractivity contribution in [2.45, 2.75) is 97.4 Å².